The minimum atomic E-state index is -3.59. The molecule has 0 atom stereocenters. The number of rotatable bonds is 9. The van der Waals surface area contributed by atoms with Crippen molar-refractivity contribution in [2.75, 3.05) is 30.2 Å². The Hall–Kier alpha value is -2.54. The van der Waals surface area contributed by atoms with Crippen molar-refractivity contribution >= 4 is 21.6 Å². The summed E-state index contributed by atoms with van der Waals surface area (Å²) in [5, 5.41) is 0. The zero-order valence-corrected chi connectivity index (χ0v) is 16.8. The summed E-state index contributed by atoms with van der Waals surface area (Å²) in [6, 6.07) is 16.5. The van der Waals surface area contributed by atoms with E-state index in [1.165, 1.54) is 0 Å². The maximum atomic E-state index is 12.4. The summed E-state index contributed by atoms with van der Waals surface area (Å²) in [5.74, 6) is 0.404. The first kappa shape index (κ1) is 20.8. The number of carbonyl (C=O) groups is 1. The van der Waals surface area contributed by atoms with Gasteiger partial charge in [-0.25, -0.2) is 8.42 Å². The first-order valence-electron chi connectivity index (χ1n) is 8.87. The Balaban J connectivity index is 2.11. The van der Waals surface area contributed by atoms with E-state index in [1.54, 1.807) is 29.2 Å². The van der Waals surface area contributed by atoms with E-state index in [4.69, 9.17) is 4.74 Å². The van der Waals surface area contributed by atoms with Gasteiger partial charge in [0.2, 0.25) is 15.9 Å². The van der Waals surface area contributed by atoms with E-state index >= 15 is 0 Å². The van der Waals surface area contributed by atoms with E-state index in [1.807, 2.05) is 44.2 Å². The van der Waals surface area contributed by atoms with Crippen molar-refractivity contribution in [3.63, 3.8) is 0 Å². The largest absolute Gasteiger partial charge is 0.489 e. The fraction of sp³-hybridized carbons (Fsp3) is 0.350. The first-order chi connectivity index (χ1) is 12.8. The highest BCUT2D eigenvalue weighted by Crippen LogP contribution is 2.22. The van der Waals surface area contributed by atoms with E-state index in [9.17, 15) is 13.2 Å². The maximum absolute atomic E-state index is 12.4. The van der Waals surface area contributed by atoms with Gasteiger partial charge in [-0.3, -0.25) is 9.10 Å². The lowest BCUT2D eigenvalue weighted by Gasteiger charge is -2.26. The zero-order valence-electron chi connectivity index (χ0n) is 16.0. The second-order valence-corrected chi connectivity index (χ2v) is 8.01. The molecule has 0 unspecified atom stereocenters. The fourth-order valence-corrected chi connectivity index (χ4v) is 3.50. The molecule has 0 N–H and O–H groups in total. The van der Waals surface area contributed by atoms with Crippen LogP contribution in [0.5, 0.6) is 5.75 Å². The molecular weight excluding hydrogens is 364 g/mol. The Morgan fingerprint density at radius 3 is 2.07 bits per heavy atom. The van der Waals surface area contributed by atoms with E-state index < -0.39 is 10.0 Å². The number of hydrogen-bond acceptors (Lipinski definition) is 4. The van der Waals surface area contributed by atoms with Gasteiger partial charge in [0.05, 0.1) is 11.9 Å². The van der Waals surface area contributed by atoms with Crippen LogP contribution in [0.4, 0.5) is 5.69 Å². The average Bonchev–Trinajstić information content (AvgIpc) is 2.66. The van der Waals surface area contributed by atoms with Crippen LogP contribution in [0.25, 0.3) is 0 Å². The molecule has 6 nitrogen and oxygen atoms in total. The Bertz CT molecular complexity index is 832. The number of ether oxygens (including phenoxy) is 1. The van der Waals surface area contributed by atoms with Gasteiger partial charge >= 0.3 is 0 Å². The van der Waals surface area contributed by atoms with Gasteiger partial charge < -0.3 is 9.64 Å². The number of nitrogens with zero attached hydrogens (tertiary/aromatic N) is 2. The quantitative estimate of drug-likeness (QED) is 0.660. The molecule has 0 aromatic heterocycles. The van der Waals surface area contributed by atoms with Crippen LogP contribution in [0.1, 0.15) is 19.4 Å². The summed E-state index contributed by atoms with van der Waals surface area (Å²) in [6.45, 7) is 5.02. The molecule has 2 rings (SSSR count). The Labute approximate surface area is 161 Å². The molecule has 27 heavy (non-hydrogen) atoms. The third-order valence-corrected chi connectivity index (χ3v) is 5.31. The number of anilines is 1. The predicted octanol–water partition coefficient (Wildman–Crippen LogP) is 2.90. The van der Waals surface area contributed by atoms with Crippen molar-refractivity contribution in [3.05, 3.63) is 60.2 Å². The maximum Gasteiger partial charge on any atom is 0.243 e. The number of hydrogen-bond donors (Lipinski definition) is 0. The topological polar surface area (TPSA) is 66.9 Å². The third-order valence-electron chi connectivity index (χ3n) is 4.17. The van der Waals surface area contributed by atoms with Gasteiger partial charge in [-0.2, -0.15) is 0 Å². The average molecular weight is 391 g/mol. The Morgan fingerprint density at radius 2 is 1.56 bits per heavy atom. The number of amides is 1. The molecule has 0 saturated carbocycles. The van der Waals surface area contributed by atoms with Crippen LogP contribution in [0.3, 0.4) is 0 Å². The van der Waals surface area contributed by atoms with Crippen molar-refractivity contribution in [2.45, 2.75) is 20.5 Å². The zero-order chi connectivity index (χ0) is 19.9. The Kier molecular flexibility index (Phi) is 7.24. The molecule has 0 heterocycles. The lowest BCUT2D eigenvalue weighted by Crippen LogP contribution is -2.42. The molecule has 0 aliphatic rings. The molecule has 0 saturated heterocycles. The number of likely N-dealkylation sites (N-methyl/N-ethyl adjacent to an activating group) is 1. The van der Waals surface area contributed by atoms with Gasteiger partial charge in [0.25, 0.3) is 0 Å². The molecule has 0 spiro atoms. The molecule has 0 bridgehead atoms. The second-order valence-electron chi connectivity index (χ2n) is 6.10. The van der Waals surface area contributed by atoms with Gasteiger partial charge in [-0.05, 0) is 43.7 Å². The molecule has 2 aromatic carbocycles. The number of sulfonamides is 1. The van der Waals surface area contributed by atoms with Crippen LogP contribution >= 0.6 is 0 Å². The van der Waals surface area contributed by atoms with E-state index in [0.29, 0.717) is 31.1 Å². The summed E-state index contributed by atoms with van der Waals surface area (Å²) < 4.78 is 31.2. The molecule has 1 amide bonds. The monoisotopic (exact) mass is 390 g/mol. The van der Waals surface area contributed by atoms with Crippen molar-refractivity contribution in [1.82, 2.24) is 4.90 Å². The fourth-order valence-electron chi connectivity index (χ4n) is 2.65. The van der Waals surface area contributed by atoms with Gasteiger partial charge in [0, 0.05) is 13.1 Å². The number of carbonyl (C=O) groups excluding carboxylic acids is 1. The molecule has 0 aliphatic heterocycles. The van der Waals surface area contributed by atoms with Crippen molar-refractivity contribution in [1.29, 1.82) is 0 Å². The first-order valence-corrected chi connectivity index (χ1v) is 10.7. The summed E-state index contributed by atoms with van der Waals surface area (Å²) in [4.78, 5) is 14.0. The summed E-state index contributed by atoms with van der Waals surface area (Å²) in [5.41, 5.74) is 1.48. The Morgan fingerprint density at radius 1 is 0.963 bits per heavy atom. The lowest BCUT2D eigenvalue weighted by atomic mass is 10.2. The van der Waals surface area contributed by atoms with Crippen LogP contribution in [0.2, 0.25) is 0 Å². The third kappa shape index (κ3) is 5.99. The minimum absolute atomic E-state index is 0.218. The van der Waals surface area contributed by atoms with Gasteiger partial charge in [0.15, 0.2) is 0 Å². The highest BCUT2D eigenvalue weighted by atomic mass is 32.2. The summed E-state index contributed by atoms with van der Waals surface area (Å²) in [7, 11) is -3.59. The van der Waals surface area contributed by atoms with Gasteiger partial charge in [0.1, 0.15) is 18.9 Å². The molecular formula is C20H26N2O4S. The molecule has 2 aromatic rings. The highest BCUT2D eigenvalue weighted by molar-refractivity contribution is 7.92. The van der Waals surface area contributed by atoms with Crippen molar-refractivity contribution in [2.24, 2.45) is 0 Å². The number of benzene rings is 2. The SMILES string of the molecule is CCN(CC)C(=O)CN(c1ccc(OCc2ccccc2)cc1)S(C)(=O)=O. The lowest BCUT2D eigenvalue weighted by molar-refractivity contribution is -0.129. The van der Waals surface area contributed by atoms with Crippen LogP contribution in [-0.2, 0) is 21.4 Å². The van der Waals surface area contributed by atoms with Crippen LogP contribution in [0.15, 0.2) is 54.6 Å². The normalized spacial score (nSPS) is 11.1. The molecule has 7 heteroatoms. The van der Waals surface area contributed by atoms with E-state index in [2.05, 4.69) is 0 Å². The minimum Gasteiger partial charge on any atom is -0.489 e. The van der Waals surface area contributed by atoms with Gasteiger partial charge in [-0.1, -0.05) is 30.3 Å². The molecule has 0 radical (unpaired) electrons. The van der Waals surface area contributed by atoms with E-state index in [-0.39, 0.29) is 12.5 Å². The molecule has 0 aliphatic carbocycles. The second kappa shape index (κ2) is 9.41. The van der Waals surface area contributed by atoms with E-state index in [0.717, 1.165) is 16.1 Å². The van der Waals surface area contributed by atoms with Crippen LogP contribution in [0, 0.1) is 0 Å². The van der Waals surface area contributed by atoms with Crippen LogP contribution < -0.4 is 9.04 Å². The van der Waals surface area contributed by atoms with Crippen LogP contribution in [-0.4, -0.2) is 45.1 Å². The summed E-state index contributed by atoms with van der Waals surface area (Å²) in [6.07, 6.45) is 1.10. The van der Waals surface area contributed by atoms with Gasteiger partial charge in [-0.15, -0.1) is 0 Å². The molecule has 146 valence electrons. The van der Waals surface area contributed by atoms with Crippen molar-refractivity contribution in [3.8, 4) is 5.75 Å². The standard InChI is InChI=1S/C20H26N2O4S/c1-4-21(5-2)20(23)15-22(27(3,24)25)18-11-13-19(14-12-18)26-16-17-9-7-6-8-10-17/h6-14H,4-5,15-16H2,1-3H3. The summed E-state index contributed by atoms with van der Waals surface area (Å²) >= 11 is 0. The van der Waals surface area contributed by atoms with Crippen molar-refractivity contribution < 1.29 is 17.9 Å². The highest BCUT2D eigenvalue weighted by Gasteiger charge is 2.23. The molecule has 0 fully saturated rings. The predicted molar refractivity (Wildman–Crippen MR) is 107 cm³/mol. The smallest absolute Gasteiger partial charge is 0.243 e.